The molecule has 2 N–H and O–H groups in total. The van der Waals surface area contributed by atoms with Crippen LogP contribution in [0.15, 0.2) is 18.2 Å². The molecule has 1 aliphatic heterocycles. The van der Waals surface area contributed by atoms with Crippen molar-refractivity contribution in [2.45, 2.75) is 13.0 Å². The first-order valence-electron chi connectivity index (χ1n) is 6.39. The number of rotatable bonds is 3. The van der Waals surface area contributed by atoms with E-state index in [0.717, 1.165) is 5.56 Å². The molecule has 0 aliphatic carbocycles. The number of carbonyl (C=O) groups is 1. The van der Waals surface area contributed by atoms with Gasteiger partial charge < -0.3 is 15.4 Å². The van der Waals surface area contributed by atoms with Crippen LogP contribution in [-0.4, -0.2) is 48.1 Å². The molecular formula is C13H18ClN3O4. The Morgan fingerprint density at radius 2 is 2.29 bits per heavy atom. The Morgan fingerprint density at radius 3 is 2.90 bits per heavy atom. The van der Waals surface area contributed by atoms with Crippen molar-refractivity contribution in [3.63, 3.8) is 0 Å². The first-order valence-corrected chi connectivity index (χ1v) is 6.39. The van der Waals surface area contributed by atoms with Gasteiger partial charge in [0.1, 0.15) is 0 Å². The first kappa shape index (κ1) is 17.4. The molecule has 0 aromatic heterocycles. The van der Waals surface area contributed by atoms with Gasteiger partial charge in [-0.25, -0.2) is 0 Å². The molecule has 0 radical (unpaired) electrons. The summed E-state index contributed by atoms with van der Waals surface area (Å²) in [5, 5.41) is 10.8. The average Bonchev–Trinajstić information content (AvgIpc) is 2.46. The maximum Gasteiger partial charge on any atom is 0.270 e. The predicted octanol–water partition coefficient (Wildman–Crippen LogP) is 1.12. The van der Waals surface area contributed by atoms with Crippen LogP contribution < -0.4 is 5.73 Å². The van der Waals surface area contributed by atoms with E-state index in [1.165, 1.54) is 12.1 Å². The largest absolute Gasteiger partial charge is 0.373 e. The number of aryl methyl sites for hydroxylation is 1. The van der Waals surface area contributed by atoms with Gasteiger partial charge in [0.15, 0.2) is 0 Å². The van der Waals surface area contributed by atoms with Gasteiger partial charge in [0.2, 0.25) is 0 Å². The first-order chi connectivity index (χ1) is 9.52. The van der Waals surface area contributed by atoms with Gasteiger partial charge in [0.25, 0.3) is 11.6 Å². The summed E-state index contributed by atoms with van der Waals surface area (Å²) in [6, 6.07) is 4.31. The Bertz CT molecular complexity index is 538. The summed E-state index contributed by atoms with van der Waals surface area (Å²) >= 11 is 0. The topological polar surface area (TPSA) is 98.7 Å². The Balaban J connectivity index is 0.00000220. The number of amides is 1. The molecule has 1 saturated heterocycles. The highest BCUT2D eigenvalue weighted by molar-refractivity contribution is 5.96. The average molecular weight is 316 g/mol. The number of halogens is 1. The van der Waals surface area contributed by atoms with E-state index in [9.17, 15) is 14.9 Å². The molecule has 0 bridgehead atoms. The lowest BCUT2D eigenvalue weighted by atomic mass is 10.1. The lowest BCUT2D eigenvalue weighted by Gasteiger charge is -2.32. The Hall–Kier alpha value is -1.70. The third-order valence-corrected chi connectivity index (χ3v) is 3.35. The molecule has 1 fully saturated rings. The molecular weight excluding hydrogens is 298 g/mol. The third kappa shape index (κ3) is 3.90. The zero-order chi connectivity index (χ0) is 14.7. The van der Waals surface area contributed by atoms with E-state index in [-0.39, 0.29) is 30.1 Å². The van der Waals surface area contributed by atoms with Gasteiger partial charge >= 0.3 is 0 Å². The van der Waals surface area contributed by atoms with Crippen molar-refractivity contribution in [1.29, 1.82) is 0 Å². The minimum atomic E-state index is -0.502. The smallest absolute Gasteiger partial charge is 0.270 e. The second-order valence-electron chi connectivity index (χ2n) is 4.74. The second-order valence-corrected chi connectivity index (χ2v) is 4.74. The molecule has 116 valence electrons. The lowest BCUT2D eigenvalue weighted by Crippen LogP contribution is -2.48. The van der Waals surface area contributed by atoms with Crippen LogP contribution in [0.4, 0.5) is 5.69 Å². The van der Waals surface area contributed by atoms with Crippen molar-refractivity contribution in [1.82, 2.24) is 4.90 Å². The number of carbonyl (C=O) groups excluding carboxylic acids is 1. The van der Waals surface area contributed by atoms with Crippen molar-refractivity contribution < 1.29 is 14.5 Å². The Morgan fingerprint density at radius 1 is 1.57 bits per heavy atom. The van der Waals surface area contributed by atoms with E-state index < -0.39 is 4.92 Å². The SMILES string of the molecule is Cc1ccc([N+](=O)[O-])cc1C(=O)N1CCOC(CN)C1.Cl. The van der Waals surface area contributed by atoms with Crippen molar-refractivity contribution in [3.8, 4) is 0 Å². The maximum atomic E-state index is 12.5. The van der Waals surface area contributed by atoms with Gasteiger partial charge in [0, 0.05) is 37.3 Å². The molecule has 1 unspecified atom stereocenters. The van der Waals surface area contributed by atoms with Gasteiger partial charge in [-0.15, -0.1) is 12.4 Å². The van der Waals surface area contributed by atoms with Crippen LogP contribution in [0.25, 0.3) is 0 Å². The summed E-state index contributed by atoms with van der Waals surface area (Å²) in [6.07, 6.45) is -0.174. The minimum absolute atomic E-state index is 0. The number of morpholine rings is 1. The van der Waals surface area contributed by atoms with E-state index >= 15 is 0 Å². The number of ether oxygens (including phenoxy) is 1. The van der Waals surface area contributed by atoms with Crippen LogP contribution >= 0.6 is 12.4 Å². The summed E-state index contributed by atoms with van der Waals surface area (Å²) in [6.45, 7) is 3.42. The van der Waals surface area contributed by atoms with E-state index in [1.54, 1.807) is 17.9 Å². The van der Waals surface area contributed by atoms with Gasteiger partial charge in [-0.1, -0.05) is 6.07 Å². The van der Waals surface area contributed by atoms with Crippen molar-refractivity contribution in [2.24, 2.45) is 5.73 Å². The number of hydrogen-bond donors (Lipinski definition) is 1. The van der Waals surface area contributed by atoms with Crippen LogP contribution in [-0.2, 0) is 4.74 Å². The summed E-state index contributed by atoms with van der Waals surface area (Å²) in [4.78, 5) is 24.4. The van der Waals surface area contributed by atoms with Crippen LogP contribution in [0.5, 0.6) is 0 Å². The standard InChI is InChI=1S/C13H17N3O4.ClH/c1-9-2-3-10(16(18)19)6-12(9)13(17)15-4-5-20-11(7-14)8-15;/h2-3,6,11H,4-5,7-8,14H2,1H3;1H. The normalized spacial score (nSPS) is 18.0. The van der Waals surface area contributed by atoms with Gasteiger partial charge in [-0.2, -0.15) is 0 Å². The summed E-state index contributed by atoms with van der Waals surface area (Å²) < 4.78 is 5.41. The number of non-ortho nitro benzene ring substituents is 1. The molecule has 7 nitrogen and oxygen atoms in total. The van der Waals surface area contributed by atoms with Crippen LogP contribution in [0.1, 0.15) is 15.9 Å². The molecule has 1 amide bonds. The Kier molecular flexibility index (Phi) is 6.07. The van der Waals surface area contributed by atoms with Gasteiger partial charge in [-0.3, -0.25) is 14.9 Å². The Labute approximate surface area is 128 Å². The molecule has 8 heteroatoms. The predicted molar refractivity (Wildman–Crippen MR) is 79.8 cm³/mol. The van der Waals surface area contributed by atoms with Gasteiger partial charge in [-0.05, 0) is 12.5 Å². The molecule has 1 aromatic rings. The van der Waals surface area contributed by atoms with Crippen LogP contribution in [0, 0.1) is 17.0 Å². The molecule has 1 heterocycles. The summed E-state index contributed by atoms with van der Waals surface area (Å²) in [7, 11) is 0. The number of nitro groups is 1. The second kappa shape index (κ2) is 7.35. The van der Waals surface area contributed by atoms with Gasteiger partial charge in [0.05, 0.1) is 17.6 Å². The molecule has 0 saturated carbocycles. The number of benzene rings is 1. The van der Waals surface area contributed by atoms with Crippen LogP contribution in [0.2, 0.25) is 0 Å². The molecule has 0 spiro atoms. The van der Waals surface area contributed by atoms with E-state index in [0.29, 0.717) is 31.8 Å². The van der Waals surface area contributed by atoms with E-state index in [2.05, 4.69) is 0 Å². The fourth-order valence-corrected chi connectivity index (χ4v) is 2.17. The van der Waals surface area contributed by atoms with Crippen molar-refractivity contribution in [3.05, 3.63) is 39.4 Å². The lowest BCUT2D eigenvalue weighted by molar-refractivity contribution is -0.384. The maximum absolute atomic E-state index is 12.5. The summed E-state index contributed by atoms with van der Waals surface area (Å²) in [5.41, 5.74) is 6.54. The van der Waals surface area contributed by atoms with Crippen molar-refractivity contribution >= 4 is 24.0 Å². The number of nitro benzene ring substituents is 1. The highest BCUT2D eigenvalue weighted by Crippen LogP contribution is 2.20. The van der Waals surface area contributed by atoms with E-state index in [4.69, 9.17) is 10.5 Å². The molecule has 1 atom stereocenters. The highest BCUT2D eigenvalue weighted by atomic mass is 35.5. The molecule has 1 aliphatic rings. The quantitative estimate of drug-likeness (QED) is 0.665. The third-order valence-electron chi connectivity index (χ3n) is 3.35. The monoisotopic (exact) mass is 315 g/mol. The highest BCUT2D eigenvalue weighted by Gasteiger charge is 2.26. The number of nitrogens with zero attached hydrogens (tertiary/aromatic N) is 2. The molecule has 1 aromatic carbocycles. The van der Waals surface area contributed by atoms with Crippen molar-refractivity contribution in [2.75, 3.05) is 26.2 Å². The van der Waals surface area contributed by atoms with E-state index in [1.807, 2.05) is 0 Å². The fraction of sp³-hybridized carbons (Fsp3) is 0.462. The number of hydrogen-bond acceptors (Lipinski definition) is 5. The zero-order valence-corrected chi connectivity index (χ0v) is 12.5. The van der Waals surface area contributed by atoms with Crippen LogP contribution in [0.3, 0.4) is 0 Å². The number of nitrogens with two attached hydrogens (primary N) is 1. The summed E-state index contributed by atoms with van der Waals surface area (Å²) in [5.74, 6) is -0.215. The molecule has 2 rings (SSSR count). The fourth-order valence-electron chi connectivity index (χ4n) is 2.17. The minimum Gasteiger partial charge on any atom is -0.373 e. The molecule has 21 heavy (non-hydrogen) atoms. The zero-order valence-electron chi connectivity index (χ0n) is 11.7.